The molecule has 1 heterocycles. The molecule has 1 aromatic heterocycles. The number of carbonyl (C=O) groups excluding carboxylic acids is 1. The number of rotatable bonds is 7. The fourth-order valence-corrected chi connectivity index (χ4v) is 4.59. The summed E-state index contributed by atoms with van der Waals surface area (Å²) in [5.41, 5.74) is 0.568. The number of amides is 1. The van der Waals surface area contributed by atoms with Crippen LogP contribution in [-0.2, 0) is 4.79 Å². The van der Waals surface area contributed by atoms with Crippen molar-refractivity contribution in [2.45, 2.75) is 36.1 Å². The molecule has 1 aliphatic rings. The molecule has 1 atom stereocenters. The minimum absolute atomic E-state index is 0.00835. The van der Waals surface area contributed by atoms with Gasteiger partial charge in [0.15, 0.2) is 4.34 Å². The van der Waals surface area contributed by atoms with Gasteiger partial charge in [0.2, 0.25) is 5.91 Å². The summed E-state index contributed by atoms with van der Waals surface area (Å²) < 4.78 is 2.18. The van der Waals surface area contributed by atoms with Crippen LogP contribution < -0.4 is 5.32 Å². The van der Waals surface area contributed by atoms with Crippen molar-refractivity contribution in [2.24, 2.45) is 5.92 Å². The Morgan fingerprint density at radius 3 is 2.95 bits per heavy atom. The Morgan fingerprint density at radius 1 is 1.50 bits per heavy atom. The lowest BCUT2D eigenvalue weighted by molar-refractivity contribution is -0.123. The maximum Gasteiger partial charge on any atom is 0.221 e. The average molecular weight is 336 g/mol. The van der Waals surface area contributed by atoms with Gasteiger partial charge in [-0.1, -0.05) is 23.9 Å². The van der Waals surface area contributed by atoms with Gasteiger partial charge in [0.1, 0.15) is 0 Å². The van der Waals surface area contributed by atoms with E-state index in [9.17, 15) is 9.90 Å². The molecule has 118 valence electrons. The van der Waals surface area contributed by atoms with Gasteiger partial charge in [-0.05, 0) is 37.8 Å². The number of aliphatic hydroxyl groups excluding tert-OH is 1. The van der Waals surface area contributed by atoms with Crippen molar-refractivity contribution in [1.82, 2.24) is 10.3 Å². The molecule has 2 aromatic rings. The summed E-state index contributed by atoms with van der Waals surface area (Å²) in [6.07, 6.45) is 2.64. The van der Waals surface area contributed by atoms with Crippen LogP contribution in [0.25, 0.3) is 10.2 Å². The van der Waals surface area contributed by atoms with Gasteiger partial charge >= 0.3 is 0 Å². The van der Waals surface area contributed by atoms with Gasteiger partial charge in [-0.25, -0.2) is 4.98 Å². The number of benzene rings is 1. The highest BCUT2D eigenvalue weighted by Gasteiger charge is 2.41. The lowest BCUT2D eigenvalue weighted by Crippen LogP contribution is -2.50. The van der Waals surface area contributed by atoms with Crippen molar-refractivity contribution >= 4 is 39.2 Å². The lowest BCUT2D eigenvalue weighted by atomic mass is 9.97. The summed E-state index contributed by atoms with van der Waals surface area (Å²) in [6, 6.07) is 8.06. The SMILES string of the molecule is CC(CO)(NC(=O)CCSc1nc2ccccc2s1)C1CC1. The van der Waals surface area contributed by atoms with Gasteiger partial charge in [-0.3, -0.25) is 4.79 Å². The molecule has 0 aliphatic heterocycles. The highest BCUT2D eigenvalue weighted by molar-refractivity contribution is 8.01. The number of thiazole rings is 1. The molecule has 22 heavy (non-hydrogen) atoms. The Labute approximate surface area is 138 Å². The molecule has 0 bridgehead atoms. The van der Waals surface area contributed by atoms with Crippen molar-refractivity contribution in [2.75, 3.05) is 12.4 Å². The number of thioether (sulfide) groups is 1. The Hall–Kier alpha value is -1.11. The summed E-state index contributed by atoms with van der Waals surface area (Å²) in [5, 5.41) is 12.5. The van der Waals surface area contributed by atoms with E-state index >= 15 is 0 Å². The van der Waals surface area contributed by atoms with Crippen LogP contribution in [0.5, 0.6) is 0 Å². The predicted octanol–water partition coefficient (Wildman–Crippen LogP) is 3.06. The van der Waals surface area contributed by atoms with Crippen LogP contribution in [0.15, 0.2) is 28.6 Å². The lowest BCUT2D eigenvalue weighted by Gasteiger charge is -2.28. The molecule has 0 saturated heterocycles. The van der Waals surface area contributed by atoms with Gasteiger partial charge in [0, 0.05) is 12.2 Å². The molecular weight excluding hydrogens is 316 g/mol. The third kappa shape index (κ3) is 3.62. The van der Waals surface area contributed by atoms with Crippen molar-refractivity contribution in [3.8, 4) is 0 Å². The Balaban J connectivity index is 1.49. The van der Waals surface area contributed by atoms with Crippen molar-refractivity contribution in [3.05, 3.63) is 24.3 Å². The van der Waals surface area contributed by atoms with E-state index in [1.165, 1.54) is 4.70 Å². The number of nitrogens with one attached hydrogen (secondary N) is 1. The fraction of sp³-hybridized carbons (Fsp3) is 0.500. The maximum absolute atomic E-state index is 12.1. The standard InChI is InChI=1S/C16H20N2O2S2/c1-16(10-19,11-6-7-11)18-14(20)8-9-21-15-17-12-4-2-3-5-13(12)22-15/h2-5,11,19H,6-10H2,1H3,(H,18,20). The van der Waals surface area contributed by atoms with E-state index in [1.807, 2.05) is 25.1 Å². The first-order valence-corrected chi connectivity index (χ1v) is 9.31. The van der Waals surface area contributed by atoms with E-state index in [2.05, 4.69) is 16.4 Å². The number of hydrogen-bond donors (Lipinski definition) is 2. The van der Waals surface area contributed by atoms with Gasteiger partial charge in [0.05, 0.1) is 22.4 Å². The average Bonchev–Trinajstić information content (AvgIpc) is 3.28. The van der Waals surface area contributed by atoms with E-state index in [0.717, 1.165) is 22.7 Å². The van der Waals surface area contributed by atoms with Gasteiger partial charge in [0.25, 0.3) is 0 Å². The van der Waals surface area contributed by atoms with Crippen molar-refractivity contribution in [3.63, 3.8) is 0 Å². The second-order valence-corrected chi connectivity index (χ2v) is 8.32. The number of fused-ring (bicyclic) bond motifs is 1. The van der Waals surface area contributed by atoms with Crippen LogP contribution in [0.1, 0.15) is 26.2 Å². The number of para-hydroxylation sites is 1. The molecule has 0 radical (unpaired) electrons. The maximum atomic E-state index is 12.1. The number of carbonyl (C=O) groups is 1. The van der Waals surface area contributed by atoms with Crippen LogP contribution in [0.3, 0.4) is 0 Å². The molecule has 4 nitrogen and oxygen atoms in total. The second-order valence-electron chi connectivity index (χ2n) is 5.94. The monoisotopic (exact) mass is 336 g/mol. The van der Waals surface area contributed by atoms with Gasteiger partial charge in [-0.15, -0.1) is 11.3 Å². The summed E-state index contributed by atoms with van der Waals surface area (Å²) >= 11 is 3.28. The molecule has 1 aromatic carbocycles. The fourth-order valence-electron chi connectivity index (χ4n) is 2.52. The van der Waals surface area contributed by atoms with E-state index in [0.29, 0.717) is 18.1 Å². The number of hydrogen-bond acceptors (Lipinski definition) is 5. The molecule has 1 amide bonds. The zero-order chi connectivity index (χ0) is 15.6. The first kappa shape index (κ1) is 15.8. The molecule has 6 heteroatoms. The number of aliphatic hydroxyl groups is 1. The second kappa shape index (κ2) is 6.56. The van der Waals surface area contributed by atoms with Gasteiger partial charge < -0.3 is 10.4 Å². The van der Waals surface area contributed by atoms with Crippen LogP contribution in [-0.4, -0.2) is 33.9 Å². The van der Waals surface area contributed by atoms with Crippen LogP contribution in [0.2, 0.25) is 0 Å². The minimum Gasteiger partial charge on any atom is -0.394 e. The summed E-state index contributed by atoms with van der Waals surface area (Å²) in [6.45, 7) is 1.94. The number of aromatic nitrogens is 1. The summed E-state index contributed by atoms with van der Waals surface area (Å²) in [5.74, 6) is 1.15. The molecule has 1 aliphatic carbocycles. The minimum atomic E-state index is -0.447. The largest absolute Gasteiger partial charge is 0.394 e. The van der Waals surface area contributed by atoms with Crippen LogP contribution >= 0.6 is 23.1 Å². The van der Waals surface area contributed by atoms with E-state index in [-0.39, 0.29) is 12.5 Å². The Morgan fingerprint density at radius 2 is 2.27 bits per heavy atom. The zero-order valence-corrected chi connectivity index (χ0v) is 14.2. The quantitative estimate of drug-likeness (QED) is 0.763. The van der Waals surface area contributed by atoms with Gasteiger partial charge in [-0.2, -0.15) is 0 Å². The molecular formula is C16H20N2O2S2. The first-order valence-electron chi connectivity index (χ1n) is 7.51. The smallest absolute Gasteiger partial charge is 0.221 e. The third-order valence-corrected chi connectivity index (χ3v) is 6.24. The van der Waals surface area contributed by atoms with Crippen LogP contribution in [0.4, 0.5) is 0 Å². The zero-order valence-electron chi connectivity index (χ0n) is 12.5. The molecule has 3 rings (SSSR count). The molecule has 1 unspecified atom stereocenters. The highest BCUT2D eigenvalue weighted by atomic mass is 32.2. The van der Waals surface area contributed by atoms with E-state index in [4.69, 9.17) is 0 Å². The highest BCUT2D eigenvalue weighted by Crippen LogP contribution is 2.39. The molecule has 1 fully saturated rings. The van der Waals surface area contributed by atoms with E-state index < -0.39 is 5.54 Å². The number of nitrogens with zero attached hydrogens (tertiary/aromatic N) is 1. The normalized spacial score (nSPS) is 17.4. The molecule has 1 saturated carbocycles. The predicted molar refractivity (Wildman–Crippen MR) is 91.3 cm³/mol. The van der Waals surface area contributed by atoms with Crippen LogP contribution in [0, 0.1) is 5.92 Å². The third-order valence-electron chi connectivity index (χ3n) is 4.06. The van der Waals surface area contributed by atoms with E-state index in [1.54, 1.807) is 23.1 Å². The molecule has 2 N–H and O–H groups in total. The Bertz CT molecular complexity index is 636. The summed E-state index contributed by atoms with van der Waals surface area (Å²) in [7, 11) is 0. The first-order chi connectivity index (χ1) is 10.6. The van der Waals surface area contributed by atoms with Crippen molar-refractivity contribution in [1.29, 1.82) is 0 Å². The topological polar surface area (TPSA) is 62.2 Å². The molecule has 0 spiro atoms. The van der Waals surface area contributed by atoms with Crippen molar-refractivity contribution < 1.29 is 9.90 Å². The Kier molecular flexibility index (Phi) is 4.70. The summed E-state index contributed by atoms with van der Waals surface area (Å²) in [4.78, 5) is 16.6.